The number of ether oxygens (including phenoxy) is 1. The Labute approximate surface area is 120 Å². The highest BCUT2D eigenvalue weighted by atomic mass is 16.5. The zero-order valence-corrected chi connectivity index (χ0v) is 12.1. The molecule has 0 amide bonds. The molecule has 0 saturated carbocycles. The summed E-state index contributed by atoms with van der Waals surface area (Å²) >= 11 is 0. The number of rotatable bonds is 6. The Kier molecular flexibility index (Phi) is 5.13. The molecule has 0 saturated heterocycles. The lowest BCUT2D eigenvalue weighted by molar-refractivity contribution is 0.241. The van der Waals surface area contributed by atoms with Crippen molar-refractivity contribution in [3.63, 3.8) is 0 Å². The van der Waals surface area contributed by atoms with E-state index >= 15 is 0 Å². The number of benzene rings is 1. The molecule has 1 atom stereocenters. The first-order chi connectivity index (χ1) is 9.65. The molecule has 3 heteroatoms. The summed E-state index contributed by atoms with van der Waals surface area (Å²) in [5, 5.41) is 0. The van der Waals surface area contributed by atoms with Gasteiger partial charge in [0, 0.05) is 12.2 Å². The molecule has 20 heavy (non-hydrogen) atoms. The van der Waals surface area contributed by atoms with Crippen molar-refractivity contribution in [3.05, 3.63) is 59.9 Å². The van der Waals surface area contributed by atoms with Gasteiger partial charge in [0.05, 0.1) is 12.3 Å². The van der Waals surface area contributed by atoms with E-state index in [1.807, 2.05) is 32.2 Å². The van der Waals surface area contributed by atoms with Crippen LogP contribution in [0, 0.1) is 0 Å². The first-order valence-electron chi connectivity index (χ1n) is 7.06. The maximum atomic E-state index is 6.25. The fraction of sp³-hybridized carbons (Fsp3) is 0.353. The van der Waals surface area contributed by atoms with Crippen molar-refractivity contribution in [1.29, 1.82) is 0 Å². The number of hydrogen-bond donors (Lipinski definition) is 1. The van der Waals surface area contributed by atoms with Gasteiger partial charge in [0.25, 0.3) is 0 Å². The van der Waals surface area contributed by atoms with E-state index in [2.05, 4.69) is 29.2 Å². The van der Waals surface area contributed by atoms with E-state index in [4.69, 9.17) is 10.5 Å². The molecule has 1 aromatic carbocycles. The molecular weight excluding hydrogens is 248 g/mol. The van der Waals surface area contributed by atoms with Crippen LogP contribution in [0.4, 0.5) is 0 Å². The fourth-order valence-electron chi connectivity index (χ4n) is 2.11. The van der Waals surface area contributed by atoms with Gasteiger partial charge < -0.3 is 10.5 Å². The minimum atomic E-state index is -0.0154. The molecule has 1 unspecified atom stereocenters. The number of aryl methyl sites for hydroxylation is 1. The summed E-state index contributed by atoms with van der Waals surface area (Å²) in [6, 6.07) is 12.4. The summed E-state index contributed by atoms with van der Waals surface area (Å²) in [6.45, 7) is 4.00. The topological polar surface area (TPSA) is 48.1 Å². The van der Waals surface area contributed by atoms with Crippen LogP contribution in [0.1, 0.15) is 37.4 Å². The van der Waals surface area contributed by atoms with Gasteiger partial charge in [0.15, 0.2) is 0 Å². The molecule has 0 aliphatic heterocycles. The van der Waals surface area contributed by atoms with Gasteiger partial charge >= 0.3 is 0 Å². The Hall–Kier alpha value is -1.87. The first-order valence-corrected chi connectivity index (χ1v) is 7.06. The average Bonchev–Trinajstić information content (AvgIpc) is 2.45. The highest BCUT2D eigenvalue weighted by Gasteiger charge is 2.08. The minimum absolute atomic E-state index is 0.0154. The van der Waals surface area contributed by atoms with Crippen molar-refractivity contribution in [3.8, 4) is 5.75 Å². The molecule has 0 spiro atoms. The van der Waals surface area contributed by atoms with Gasteiger partial charge in [-0.25, -0.2) is 0 Å². The summed E-state index contributed by atoms with van der Waals surface area (Å²) < 4.78 is 5.65. The Balaban J connectivity index is 1.96. The van der Waals surface area contributed by atoms with E-state index in [9.17, 15) is 0 Å². The Morgan fingerprint density at radius 3 is 2.60 bits per heavy atom. The van der Waals surface area contributed by atoms with Gasteiger partial charge in [-0.15, -0.1) is 0 Å². The minimum Gasteiger partial charge on any atom is -0.489 e. The quantitative estimate of drug-likeness (QED) is 0.874. The largest absolute Gasteiger partial charge is 0.489 e. The monoisotopic (exact) mass is 270 g/mol. The number of nitrogens with two attached hydrogens (primary N) is 1. The molecule has 3 nitrogen and oxygen atoms in total. The van der Waals surface area contributed by atoms with Gasteiger partial charge in [-0.05, 0) is 43.9 Å². The smallest absolute Gasteiger partial charge is 0.138 e. The predicted molar refractivity (Wildman–Crippen MR) is 81.7 cm³/mol. The summed E-state index contributed by atoms with van der Waals surface area (Å²) in [5.41, 5.74) is 8.58. The van der Waals surface area contributed by atoms with E-state index in [0.717, 1.165) is 24.2 Å². The van der Waals surface area contributed by atoms with Crippen LogP contribution < -0.4 is 10.5 Å². The normalized spacial score (nSPS) is 12.4. The second-order valence-corrected chi connectivity index (χ2v) is 5.25. The van der Waals surface area contributed by atoms with Crippen LogP contribution in [0.15, 0.2) is 48.8 Å². The van der Waals surface area contributed by atoms with Gasteiger partial charge in [-0.3, -0.25) is 4.98 Å². The molecule has 0 radical (unpaired) electrons. The third kappa shape index (κ3) is 4.35. The van der Waals surface area contributed by atoms with Crippen LogP contribution >= 0.6 is 0 Å². The number of nitrogens with zero attached hydrogens (tertiary/aromatic N) is 1. The lowest BCUT2D eigenvalue weighted by Gasteiger charge is -2.14. The van der Waals surface area contributed by atoms with E-state index < -0.39 is 0 Å². The molecule has 1 aromatic heterocycles. The van der Waals surface area contributed by atoms with Crippen molar-refractivity contribution in [2.24, 2.45) is 5.73 Å². The maximum absolute atomic E-state index is 6.25. The fourth-order valence-corrected chi connectivity index (χ4v) is 2.11. The highest BCUT2D eigenvalue weighted by Crippen LogP contribution is 2.20. The van der Waals surface area contributed by atoms with Crippen LogP contribution in [0.25, 0.3) is 0 Å². The number of aromatic nitrogens is 1. The summed E-state index contributed by atoms with van der Waals surface area (Å²) in [7, 11) is 0. The molecule has 106 valence electrons. The standard InChI is InChI=1S/C17H22N2O/c1-13(2)20-16-10-15(11-19-12-16)17(18)9-8-14-6-4-3-5-7-14/h3-7,10-13,17H,8-9,18H2,1-2H3. The van der Waals surface area contributed by atoms with Gasteiger partial charge in [0.2, 0.25) is 0 Å². The van der Waals surface area contributed by atoms with Gasteiger partial charge in [0.1, 0.15) is 5.75 Å². The van der Waals surface area contributed by atoms with Crippen molar-refractivity contribution in [2.75, 3.05) is 0 Å². The van der Waals surface area contributed by atoms with Crippen molar-refractivity contribution < 1.29 is 4.74 Å². The molecule has 2 N–H and O–H groups in total. The zero-order chi connectivity index (χ0) is 14.4. The molecule has 2 rings (SSSR count). The molecule has 0 aliphatic rings. The van der Waals surface area contributed by atoms with Crippen molar-refractivity contribution in [1.82, 2.24) is 4.98 Å². The lowest BCUT2D eigenvalue weighted by Crippen LogP contribution is -2.13. The van der Waals surface area contributed by atoms with Crippen molar-refractivity contribution in [2.45, 2.75) is 38.8 Å². The molecular formula is C17H22N2O. The van der Waals surface area contributed by atoms with Crippen LogP contribution in [0.5, 0.6) is 5.75 Å². The average molecular weight is 270 g/mol. The molecule has 0 bridgehead atoms. The van der Waals surface area contributed by atoms with Crippen molar-refractivity contribution >= 4 is 0 Å². The Bertz CT molecular complexity index is 526. The van der Waals surface area contributed by atoms with E-state index in [1.165, 1.54) is 5.56 Å². The molecule has 2 aromatic rings. The predicted octanol–water partition coefficient (Wildman–Crippen LogP) is 3.50. The van der Waals surface area contributed by atoms with Crippen LogP contribution in [-0.2, 0) is 6.42 Å². The van der Waals surface area contributed by atoms with Gasteiger partial charge in [-0.1, -0.05) is 30.3 Å². The first kappa shape index (κ1) is 14.5. The number of pyridine rings is 1. The molecule has 0 fully saturated rings. The SMILES string of the molecule is CC(C)Oc1cncc(C(N)CCc2ccccc2)c1. The van der Waals surface area contributed by atoms with E-state index in [0.29, 0.717) is 0 Å². The third-order valence-corrected chi connectivity index (χ3v) is 3.12. The zero-order valence-electron chi connectivity index (χ0n) is 12.1. The Morgan fingerprint density at radius 2 is 1.90 bits per heavy atom. The summed E-state index contributed by atoms with van der Waals surface area (Å²) in [4.78, 5) is 4.21. The summed E-state index contributed by atoms with van der Waals surface area (Å²) in [6.07, 6.45) is 5.57. The third-order valence-electron chi connectivity index (χ3n) is 3.12. The molecule has 1 heterocycles. The Morgan fingerprint density at radius 1 is 1.15 bits per heavy atom. The molecule has 0 aliphatic carbocycles. The van der Waals surface area contributed by atoms with Crippen LogP contribution in [-0.4, -0.2) is 11.1 Å². The van der Waals surface area contributed by atoms with Gasteiger partial charge in [-0.2, -0.15) is 0 Å². The van der Waals surface area contributed by atoms with E-state index in [-0.39, 0.29) is 12.1 Å². The second kappa shape index (κ2) is 7.06. The number of hydrogen-bond acceptors (Lipinski definition) is 3. The lowest BCUT2D eigenvalue weighted by atomic mass is 10.0. The van der Waals surface area contributed by atoms with E-state index in [1.54, 1.807) is 6.20 Å². The maximum Gasteiger partial charge on any atom is 0.138 e. The second-order valence-electron chi connectivity index (χ2n) is 5.25. The van der Waals surface area contributed by atoms with Crippen LogP contribution in [0.2, 0.25) is 0 Å². The van der Waals surface area contributed by atoms with Crippen LogP contribution in [0.3, 0.4) is 0 Å². The summed E-state index contributed by atoms with van der Waals surface area (Å²) in [5.74, 6) is 0.785. The highest BCUT2D eigenvalue weighted by molar-refractivity contribution is 5.26.